The van der Waals surface area contributed by atoms with E-state index in [1.54, 1.807) is 0 Å². The molecule has 2 nitrogen and oxygen atoms in total. The first-order valence-corrected chi connectivity index (χ1v) is 6.60. The fraction of sp³-hybridized carbons (Fsp3) is 0.500. The van der Waals surface area contributed by atoms with Crippen molar-refractivity contribution in [2.45, 2.75) is 12.6 Å². The monoisotopic (exact) mass is 322 g/mol. The lowest BCUT2D eigenvalue weighted by Crippen LogP contribution is -2.28. The standard InChI is InChI=1S/C12H14BrF3N2/c13-10-3-2-9(12(14,15)16)8-11(10)18-6-1-4-17-5-7-18/h2-3,8,17H,1,4-7H2. The summed E-state index contributed by atoms with van der Waals surface area (Å²) in [5.74, 6) is 0. The van der Waals surface area contributed by atoms with Crippen molar-refractivity contribution < 1.29 is 13.2 Å². The highest BCUT2D eigenvalue weighted by Gasteiger charge is 2.31. The molecule has 0 amide bonds. The number of alkyl halides is 3. The van der Waals surface area contributed by atoms with Gasteiger partial charge in [-0.05, 0) is 47.1 Å². The van der Waals surface area contributed by atoms with Crippen molar-refractivity contribution in [2.24, 2.45) is 0 Å². The molecule has 0 aromatic heterocycles. The molecule has 0 aliphatic carbocycles. The summed E-state index contributed by atoms with van der Waals surface area (Å²) in [6.07, 6.45) is -3.36. The summed E-state index contributed by atoms with van der Waals surface area (Å²) < 4.78 is 38.8. The highest BCUT2D eigenvalue weighted by atomic mass is 79.9. The summed E-state index contributed by atoms with van der Waals surface area (Å²) in [5, 5.41) is 3.23. The molecule has 18 heavy (non-hydrogen) atoms. The summed E-state index contributed by atoms with van der Waals surface area (Å²) in [7, 11) is 0. The SMILES string of the molecule is FC(F)(F)c1ccc(Br)c(N2CCCNCC2)c1. The highest BCUT2D eigenvalue weighted by Crippen LogP contribution is 2.35. The Bertz CT molecular complexity index is 412. The Labute approximate surface area is 112 Å². The van der Waals surface area contributed by atoms with E-state index in [0.717, 1.165) is 38.7 Å². The van der Waals surface area contributed by atoms with Gasteiger partial charge in [-0.15, -0.1) is 0 Å². The fourth-order valence-electron chi connectivity index (χ4n) is 2.02. The molecule has 0 bridgehead atoms. The minimum absolute atomic E-state index is 0.599. The predicted octanol–water partition coefficient (Wildman–Crippen LogP) is 3.27. The van der Waals surface area contributed by atoms with Crippen LogP contribution in [0.5, 0.6) is 0 Å². The number of rotatable bonds is 1. The Morgan fingerprint density at radius 1 is 1.17 bits per heavy atom. The van der Waals surface area contributed by atoms with Gasteiger partial charge in [0, 0.05) is 24.1 Å². The molecule has 0 radical (unpaired) electrons. The zero-order valence-electron chi connectivity index (χ0n) is 9.73. The Morgan fingerprint density at radius 2 is 1.94 bits per heavy atom. The van der Waals surface area contributed by atoms with Gasteiger partial charge in [-0.25, -0.2) is 0 Å². The van der Waals surface area contributed by atoms with E-state index in [9.17, 15) is 13.2 Å². The maximum atomic E-state index is 12.7. The van der Waals surface area contributed by atoms with Gasteiger partial charge >= 0.3 is 6.18 Å². The Hall–Kier alpha value is -0.750. The smallest absolute Gasteiger partial charge is 0.369 e. The third kappa shape index (κ3) is 3.17. The van der Waals surface area contributed by atoms with Crippen LogP contribution in [0.25, 0.3) is 0 Å². The molecule has 0 spiro atoms. The third-order valence-corrected chi connectivity index (χ3v) is 3.62. The van der Waals surface area contributed by atoms with E-state index in [1.165, 1.54) is 12.1 Å². The van der Waals surface area contributed by atoms with Gasteiger partial charge in [-0.1, -0.05) is 0 Å². The van der Waals surface area contributed by atoms with E-state index in [1.807, 2.05) is 4.90 Å². The number of hydrogen-bond acceptors (Lipinski definition) is 2. The van der Waals surface area contributed by atoms with Crippen molar-refractivity contribution >= 4 is 21.6 Å². The normalized spacial score (nSPS) is 17.7. The van der Waals surface area contributed by atoms with Crippen molar-refractivity contribution in [1.29, 1.82) is 0 Å². The van der Waals surface area contributed by atoms with Crippen molar-refractivity contribution in [3.05, 3.63) is 28.2 Å². The Kier molecular flexibility index (Phi) is 4.17. The van der Waals surface area contributed by atoms with Crippen LogP contribution in [0.4, 0.5) is 18.9 Å². The first-order chi connectivity index (χ1) is 8.48. The van der Waals surface area contributed by atoms with Gasteiger partial charge in [0.1, 0.15) is 0 Å². The third-order valence-electron chi connectivity index (χ3n) is 2.95. The molecule has 100 valence electrons. The first kappa shape index (κ1) is 13.7. The van der Waals surface area contributed by atoms with E-state index in [2.05, 4.69) is 21.2 Å². The molecule has 0 saturated carbocycles. The molecule has 1 aliphatic rings. The van der Waals surface area contributed by atoms with Gasteiger partial charge in [0.15, 0.2) is 0 Å². The van der Waals surface area contributed by atoms with E-state index in [4.69, 9.17) is 0 Å². The van der Waals surface area contributed by atoms with Crippen LogP contribution >= 0.6 is 15.9 Å². The zero-order chi connectivity index (χ0) is 13.2. The molecule has 1 fully saturated rings. The van der Waals surface area contributed by atoms with Crippen molar-refractivity contribution in [3.8, 4) is 0 Å². The largest absolute Gasteiger partial charge is 0.416 e. The fourth-order valence-corrected chi connectivity index (χ4v) is 2.52. The van der Waals surface area contributed by atoms with Crippen molar-refractivity contribution in [3.63, 3.8) is 0 Å². The lowest BCUT2D eigenvalue weighted by molar-refractivity contribution is -0.137. The van der Waals surface area contributed by atoms with Gasteiger partial charge in [0.25, 0.3) is 0 Å². The minimum atomic E-state index is -4.29. The van der Waals surface area contributed by atoms with E-state index in [-0.39, 0.29) is 0 Å². The molecular formula is C12H14BrF3N2. The van der Waals surface area contributed by atoms with Crippen LogP contribution in [0.1, 0.15) is 12.0 Å². The number of anilines is 1. The summed E-state index contributed by atoms with van der Waals surface area (Å²) in [6, 6.07) is 3.79. The second-order valence-corrected chi connectivity index (χ2v) is 5.11. The predicted molar refractivity (Wildman–Crippen MR) is 68.8 cm³/mol. The average molecular weight is 323 g/mol. The number of nitrogens with zero attached hydrogens (tertiary/aromatic N) is 1. The molecule has 1 aliphatic heterocycles. The number of hydrogen-bond donors (Lipinski definition) is 1. The molecule has 0 unspecified atom stereocenters. The maximum Gasteiger partial charge on any atom is 0.416 e. The van der Waals surface area contributed by atoms with E-state index in [0.29, 0.717) is 10.2 Å². The van der Waals surface area contributed by atoms with Gasteiger partial charge in [-0.3, -0.25) is 0 Å². The minimum Gasteiger partial charge on any atom is -0.369 e. The Morgan fingerprint density at radius 3 is 2.67 bits per heavy atom. The Balaban J connectivity index is 2.30. The maximum absolute atomic E-state index is 12.7. The van der Waals surface area contributed by atoms with Crippen LogP contribution < -0.4 is 10.2 Å². The quantitative estimate of drug-likeness (QED) is 0.853. The van der Waals surface area contributed by atoms with E-state index < -0.39 is 11.7 Å². The summed E-state index contributed by atoms with van der Waals surface area (Å²) in [5.41, 5.74) is 0.0198. The summed E-state index contributed by atoms with van der Waals surface area (Å²) in [4.78, 5) is 1.99. The molecule has 1 saturated heterocycles. The molecule has 6 heteroatoms. The van der Waals surface area contributed by atoms with Crippen molar-refractivity contribution in [1.82, 2.24) is 5.32 Å². The first-order valence-electron chi connectivity index (χ1n) is 5.81. The van der Waals surface area contributed by atoms with Crippen LogP contribution in [0.3, 0.4) is 0 Å². The van der Waals surface area contributed by atoms with Crippen LogP contribution in [0, 0.1) is 0 Å². The number of nitrogens with one attached hydrogen (secondary N) is 1. The molecule has 0 atom stereocenters. The van der Waals surface area contributed by atoms with Crippen LogP contribution in [0.2, 0.25) is 0 Å². The molecule has 1 N–H and O–H groups in total. The van der Waals surface area contributed by atoms with E-state index >= 15 is 0 Å². The molecule has 1 aromatic rings. The van der Waals surface area contributed by atoms with Crippen LogP contribution in [0.15, 0.2) is 22.7 Å². The second-order valence-electron chi connectivity index (χ2n) is 4.25. The summed E-state index contributed by atoms with van der Waals surface area (Å²) >= 11 is 3.33. The van der Waals surface area contributed by atoms with Crippen LogP contribution in [-0.4, -0.2) is 26.2 Å². The highest BCUT2D eigenvalue weighted by molar-refractivity contribution is 9.10. The lowest BCUT2D eigenvalue weighted by Gasteiger charge is -2.24. The molecule has 2 rings (SSSR count). The van der Waals surface area contributed by atoms with Gasteiger partial charge in [0.2, 0.25) is 0 Å². The number of benzene rings is 1. The topological polar surface area (TPSA) is 15.3 Å². The van der Waals surface area contributed by atoms with Gasteiger partial charge in [0.05, 0.1) is 11.3 Å². The number of halogens is 4. The summed E-state index contributed by atoms with van der Waals surface area (Å²) in [6.45, 7) is 3.20. The van der Waals surface area contributed by atoms with Gasteiger partial charge in [-0.2, -0.15) is 13.2 Å². The van der Waals surface area contributed by atoms with Crippen LogP contribution in [-0.2, 0) is 6.18 Å². The zero-order valence-corrected chi connectivity index (χ0v) is 11.3. The second kappa shape index (κ2) is 5.48. The average Bonchev–Trinajstić information content (AvgIpc) is 2.56. The lowest BCUT2D eigenvalue weighted by atomic mass is 10.1. The molecular weight excluding hydrogens is 309 g/mol. The van der Waals surface area contributed by atoms with Crippen molar-refractivity contribution in [2.75, 3.05) is 31.1 Å². The van der Waals surface area contributed by atoms with Gasteiger partial charge < -0.3 is 10.2 Å². The molecule has 1 heterocycles. The molecule has 1 aromatic carbocycles.